The number of hydrogen-bond acceptors (Lipinski definition) is 3. The lowest BCUT2D eigenvalue weighted by molar-refractivity contribution is 0.102. The van der Waals surface area contributed by atoms with Crippen LogP contribution in [0.5, 0.6) is 0 Å². The number of nitrogens with zero attached hydrogens (tertiary/aromatic N) is 1. The summed E-state index contributed by atoms with van der Waals surface area (Å²) in [5.74, 6) is -0.735. The number of halogens is 2. The molecule has 1 N–H and O–H groups in total. The molecule has 3 aromatic rings. The number of hydrogen-bond donors (Lipinski definition) is 1. The molecule has 0 aliphatic rings. The fraction of sp³-hybridized carbons (Fsp3) is 0.136. The average Bonchev–Trinajstić information content (AvgIpc) is 2.69. The van der Waals surface area contributed by atoms with Gasteiger partial charge in [0.2, 0.25) is 10.0 Å². The average molecular weight is 447 g/mol. The lowest BCUT2D eigenvalue weighted by Crippen LogP contribution is -2.29. The van der Waals surface area contributed by atoms with Gasteiger partial charge in [-0.2, -0.15) is 0 Å². The van der Waals surface area contributed by atoms with Crippen molar-refractivity contribution in [1.82, 2.24) is 0 Å². The lowest BCUT2D eigenvalue weighted by atomic mass is 10.1. The summed E-state index contributed by atoms with van der Waals surface area (Å²) in [5, 5.41) is 3.31. The van der Waals surface area contributed by atoms with E-state index >= 15 is 0 Å². The third-order valence-corrected chi connectivity index (χ3v) is 6.03. The highest BCUT2D eigenvalue weighted by molar-refractivity contribution is 7.92. The van der Waals surface area contributed by atoms with Gasteiger partial charge in [-0.1, -0.05) is 29.8 Å². The molecule has 8 heteroatoms. The van der Waals surface area contributed by atoms with Crippen molar-refractivity contribution in [2.24, 2.45) is 0 Å². The van der Waals surface area contributed by atoms with Crippen molar-refractivity contribution in [2.45, 2.75) is 13.5 Å². The molecule has 0 unspecified atom stereocenters. The van der Waals surface area contributed by atoms with Crippen molar-refractivity contribution < 1.29 is 17.6 Å². The zero-order valence-corrected chi connectivity index (χ0v) is 18.0. The normalized spacial score (nSPS) is 11.2. The molecule has 5 nitrogen and oxygen atoms in total. The quantitative estimate of drug-likeness (QED) is 0.579. The summed E-state index contributed by atoms with van der Waals surface area (Å²) in [6.45, 7) is 1.92. The van der Waals surface area contributed by atoms with Crippen molar-refractivity contribution in [1.29, 1.82) is 0 Å². The van der Waals surface area contributed by atoms with E-state index < -0.39 is 15.8 Å². The summed E-state index contributed by atoms with van der Waals surface area (Å²) in [6.07, 6.45) is 1.10. The van der Waals surface area contributed by atoms with Crippen LogP contribution in [0.3, 0.4) is 0 Å². The topological polar surface area (TPSA) is 66.5 Å². The van der Waals surface area contributed by atoms with Crippen molar-refractivity contribution >= 4 is 38.9 Å². The molecule has 0 atom stereocenters. The molecule has 0 aliphatic carbocycles. The third kappa shape index (κ3) is 5.37. The van der Waals surface area contributed by atoms with Crippen LogP contribution >= 0.6 is 11.6 Å². The Balaban J connectivity index is 1.79. The van der Waals surface area contributed by atoms with Gasteiger partial charge >= 0.3 is 0 Å². The maximum absolute atomic E-state index is 13.1. The molecule has 156 valence electrons. The van der Waals surface area contributed by atoms with Gasteiger partial charge in [0.1, 0.15) is 5.82 Å². The van der Waals surface area contributed by atoms with E-state index in [2.05, 4.69) is 5.32 Å². The van der Waals surface area contributed by atoms with Crippen molar-refractivity contribution in [3.05, 3.63) is 94.3 Å². The second kappa shape index (κ2) is 8.85. The Kier molecular flexibility index (Phi) is 6.43. The Hall–Kier alpha value is -2.90. The first-order valence-electron chi connectivity index (χ1n) is 9.03. The molecule has 3 aromatic carbocycles. The minimum Gasteiger partial charge on any atom is -0.322 e. The van der Waals surface area contributed by atoms with Crippen LogP contribution in [0.25, 0.3) is 0 Å². The summed E-state index contributed by atoms with van der Waals surface area (Å²) in [5.41, 5.74) is 2.87. The summed E-state index contributed by atoms with van der Waals surface area (Å²) in [4.78, 5) is 12.5. The molecule has 1 amide bonds. The standard InChI is InChI=1S/C22H20ClFN2O3S/c1-15-3-10-19(13-21(15)23)25-22(27)17-6-11-20(12-7-17)26(30(2,28)29)14-16-4-8-18(24)9-5-16/h3-13H,14H2,1-2H3,(H,25,27). The zero-order chi connectivity index (χ0) is 21.9. The highest BCUT2D eigenvalue weighted by atomic mass is 35.5. The van der Waals surface area contributed by atoms with Gasteiger partial charge in [-0.15, -0.1) is 0 Å². The fourth-order valence-electron chi connectivity index (χ4n) is 2.81. The van der Waals surface area contributed by atoms with Crippen LogP contribution in [0.15, 0.2) is 66.7 Å². The molecule has 0 aromatic heterocycles. The van der Waals surface area contributed by atoms with Crippen LogP contribution in [0, 0.1) is 12.7 Å². The van der Waals surface area contributed by atoms with Crippen molar-refractivity contribution in [3.8, 4) is 0 Å². The maximum Gasteiger partial charge on any atom is 0.255 e. The van der Waals surface area contributed by atoms with Crippen LogP contribution in [0.2, 0.25) is 5.02 Å². The second-order valence-corrected chi connectivity index (χ2v) is 9.18. The highest BCUT2D eigenvalue weighted by Gasteiger charge is 2.18. The first-order valence-corrected chi connectivity index (χ1v) is 11.3. The largest absolute Gasteiger partial charge is 0.322 e. The minimum atomic E-state index is -3.59. The summed E-state index contributed by atoms with van der Waals surface area (Å²) in [7, 11) is -3.59. The SMILES string of the molecule is Cc1ccc(NC(=O)c2ccc(N(Cc3ccc(F)cc3)S(C)(=O)=O)cc2)cc1Cl. The van der Waals surface area contributed by atoms with Crippen molar-refractivity contribution in [2.75, 3.05) is 15.9 Å². The van der Waals surface area contributed by atoms with E-state index in [1.807, 2.05) is 6.92 Å². The van der Waals surface area contributed by atoms with E-state index in [9.17, 15) is 17.6 Å². The molecule has 3 rings (SSSR count). The number of nitrogens with one attached hydrogen (secondary N) is 1. The van der Waals surface area contributed by atoms with E-state index in [1.54, 1.807) is 42.5 Å². The fourth-order valence-corrected chi connectivity index (χ4v) is 3.88. The molecule has 0 heterocycles. The van der Waals surface area contributed by atoms with Gasteiger partial charge < -0.3 is 5.32 Å². The number of anilines is 2. The van der Waals surface area contributed by atoms with Crippen molar-refractivity contribution in [3.63, 3.8) is 0 Å². The number of carbonyl (C=O) groups is 1. The minimum absolute atomic E-state index is 0.0481. The number of aryl methyl sites for hydroxylation is 1. The first kappa shape index (κ1) is 21.8. The molecule has 0 saturated carbocycles. The van der Waals surface area contributed by atoms with Crippen LogP contribution in [-0.2, 0) is 16.6 Å². The Bertz CT molecular complexity index is 1160. The predicted molar refractivity (Wildman–Crippen MR) is 118 cm³/mol. The van der Waals surface area contributed by atoms with Crippen LogP contribution in [-0.4, -0.2) is 20.6 Å². The predicted octanol–water partition coefficient (Wildman–Crippen LogP) is 5.01. The number of benzene rings is 3. The maximum atomic E-state index is 13.1. The van der Waals surface area contributed by atoms with E-state index in [-0.39, 0.29) is 12.5 Å². The smallest absolute Gasteiger partial charge is 0.255 e. The third-order valence-electron chi connectivity index (χ3n) is 4.49. The Morgan fingerprint density at radius 3 is 2.23 bits per heavy atom. The monoisotopic (exact) mass is 446 g/mol. The highest BCUT2D eigenvalue weighted by Crippen LogP contribution is 2.23. The molecule has 0 radical (unpaired) electrons. The summed E-state index contributed by atoms with van der Waals surface area (Å²) < 4.78 is 38.9. The van der Waals surface area contributed by atoms with Gasteiger partial charge in [-0.25, -0.2) is 12.8 Å². The molecule has 0 fully saturated rings. The second-order valence-electron chi connectivity index (χ2n) is 6.86. The Labute approximate surface area is 180 Å². The van der Waals surface area contributed by atoms with Gasteiger partial charge in [0.05, 0.1) is 18.5 Å². The Morgan fingerprint density at radius 2 is 1.67 bits per heavy atom. The van der Waals surface area contributed by atoms with Gasteiger partial charge in [0.25, 0.3) is 5.91 Å². The van der Waals surface area contributed by atoms with Gasteiger partial charge in [0, 0.05) is 16.3 Å². The van der Waals surface area contributed by atoms with Crippen LogP contribution < -0.4 is 9.62 Å². The number of sulfonamides is 1. The molecular weight excluding hydrogens is 427 g/mol. The zero-order valence-electron chi connectivity index (χ0n) is 16.4. The van der Waals surface area contributed by atoms with Crippen LogP contribution in [0.4, 0.5) is 15.8 Å². The van der Waals surface area contributed by atoms with E-state index in [4.69, 9.17) is 11.6 Å². The molecule has 0 saturated heterocycles. The number of carbonyl (C=O) groups excluding carboxylic acids is 1. The van der Waals surface area contributed by atoms with E-state index in [0.29, 0.717) is 27.5 Å². The summed E-state index contributed by atoms with van der Waals surface area (Å²) in [6, 6.07) is 17.0. The molecule has 0 aliphatic heterocycles. The first-order chi connectivity index (χ1) is 14.1. The van der Waals surface area contributed by atoms with Gasteiger partial charge in [-0.3, -0.25) is 9.10 Å². The number of rotatable bonds is 6. The van der Waals surface area contributed by atoms with E-state index in [0.717, 1.165) is 11.8 Å². The lowest BCUT2D eigenvalue weighted by Gasteiger charge is -2.22. The van der Waals surface area contributed by atoms with E-state index in [1.165, 1.54) is 28.6 Å². The molecule has 30 heavy (non-hydrogen) atoms. The Morgan fingerprint density at radius 1 is 1.03 bits per heavy atom. The molecular formula is C22H20ClFN2O3S. The summed E-state index contributed by atoms with van der Waals surface area (Å²) >= 11 is 6.08. The number of amides is 1. The van der Waals surface area contributed by atoms with Gasteiger partial charge in [0.15, 0.2) is 0 Å². The van der Waals surface area contributed by atoms with Gasteiger partial charge in [-0.05, 0) is 66.6 Å². The molecule has 0 bridgehead atoms. The van der Waals surface area contributed by atoms with Crippen LogP contribution in [0.1, 0.15) is 21.5 Å². The molecule has 0 spiro atoms.